The van der Waals surface area contributed by atoms with Crippen LogP contribution in [0, 0.1) is 0 Å². The number of ether oxygens (including phenoxy) is 2. The molecule has 0 fully saturated rings. The Bertz CT molecular complexity index is 1200. The number of imidazole rings is 1. The zero-order chi connectivity index (χ0) is 24.3. The number of carbonyl (C=O) groups is 1. The van der Waals surface area contributed by atoms with Crippen molar-refractivity contribution in [1.29, 1.82) is 0 Å². The number of unbranched alkanes of at least 4 members (excludes halogenated alkanes) is 1. The molecular weight excluding hydrogens is 438 g/mol. The Morgan fingerprint density at radius 1 is 0.886 bits per heavy atom. The number of hydrogen-bond acceptors (Lipinski definition) is 4. The zero-order valence-corrected chi connectivity index (χ0v) is 20.3. The number of methoxy groups -OCH3 is 1. The average molecular weight is 472 g/mol. The number of aromatic nitrogens is 2. The lowest BCUT2D eigenvalue weighted by molar-refractivity contribution is -0.120. The number of aryl methyl sites for hydroxylation is 2. The fourth-order valence-electron chi connectivity index (χ4n) is 4.12. The van der Waals surface area contributed by atoms with E-state index in [0.29, 0.717) is 19.6 Å². The van der Waals surface area contributed by atoms with Crippen LogP contribution in [0.25, 0.3) is 11.0 Å². The summed E-state index contributed by atoms with van der Waals surface area (Å²) in [6.07, 6.45) is 4.04. The zero-order valence-electron chi connectivity index (χ0n) is 20.3. The minimum absolute atomic E-state index is 0.0570. The van der Waals surface area contributed by atoms with Gasteiger partial charge in [0.05, 0.1) is 31.2 Å². The fraction of sp³-hybridized carbons (Fsp3) is 0.310. The van der Waals surface area contributed by atoms with Crippen LogP contribution >= 0.6 is 0 Å². The maximum absolute atomic E-state index is 12.2. The predicted octanol–water partition coefficient (Wildman–Crippen LogP) is 5.20. The molecule has 1 heterocycles. The van der Waals surface area contributed by atoms with Gasteiger partial charge >= 0.3 is 0 Å². The third kappa shape index (κ3) is 7.09. The molecule has 35 heavy (non-hydrogen) atoms. The summed E-state index contributed by atoms with van der Waals surface area (Å²) in [4.78, 5) is 17.1. The van der Waals surface area contributed by atoms with Gasteiger partial charge in [-0.25, -0.2) is 4.98 Å². The van der Waals surface area contributed by atoms with Crippen molar-refractivity contribution in [3.63, 3.8) is 0 Å². The Morgan fingerprint density at radius 2 is 1.63 bits per heavy atom. The van der Waals surface area contributed by atoms with Gasteiger partial charge in [0.15, 0.2) is 0 Å². The predicted molar refractivity (Wildman–Crippen MR) is 139 cm³/mol. The molecule has 0 aliphatic heterocycles. The molecule has 0 spiro atoms. The van der Waals surface area contributed by atoms with Gasteiger partial charge in [-0.15, -0.1) is 0 Å². The van der Waals surface area contributed by atoms with Crippen molar-refractivity contribution in [3.05, 3.63) is 90.3 Å². The third-order valence-corrected chi connectivity index (χ3v) is 5.94. The number of hydrogen-bond donors (Lipinski definition) is 1. The molecule has 4 aromatic rings. The van der Waals surface area contributed by atoms with Crippen molar-refractivity contribution in [2.24, 2.45) is 0 Å². The maximum Gasteiger partial charge on any atom is 0.224 e. The Hall–Kier alpha value is -3.80. The minimum atomic E-state index is 0.0570. The number of para-hydroxylation sites is 2. The molecule has 1 amide bonds. The molecule has 4 rings (SSSR count). The molecule has 0 radical (unpaired) electrons. The second kappa shape index (κ2) is 12.6. The number of fused-ring (bicyclic) bond motifs is 1. The molecule has 0 unspecified atom stereocenters. The quantitative estimate of drug-likeness (QED) is 0.272. The smallest absolute Gasteiger partial charge is 0.224 e. The standard InChI is InChI=1S/C29H33N3O3/c1-34-24-15-17-25(18-16-24)35-21-8-7-20-32-27-13-6-5-12-26(27)31-28(32)14-9-19-30-29(33)22-23-10-3-2-4-11-23/h2-6,10-13,15-18H,7-9,14,19-22H2,1H3,(H,30,33). The highest BCUT2D eigenvalue weighted by atomic mass is 16.5. The lowest BCUT2D eigenvalue weighted by Crippen LogP contribution is -2.26. The fourth-order valence-corrected chi connectivity index (χ4v) is 4.12. The van der Waals surface area contributed by atoms with Crippen molar-refractivity contribution in [3.8, 4) is 11.5 Å². The molecule has 182 valence electrons. The monoisotopic (exact) mass is 471 g/mol. The Labute approximate surface area is 206 Å². The van der Waals surface area contributed by atoms with Crippen LogP contribution in [-0.2, 0) is 24.2 Å². The molecule has 1 N–H and O–H groups in total. The molecule has 6 nitrogen and oxygen atoms in total. The van der Waals surface area contributed by atoms with Crippen LogP contribution in [0.5, 0.6) is 11.5 Å². The first-order valence-electron chi connectivity index (χ1n) is 12.2. The Balaban J connectivity index is 1.25. The molecule has 0 aliphatic rings. The molecule has 0 saturated heterocycles. The van der Waals surface area contributed by atoms with Gasteiger partial charge in [0, 0.05) is 19.5 Å². The second-order valence-electron chi connectivity index (χ2n) is 8.52. The van der Waals surface area contributed by atoms with Crippen molar-refractivity contribution < 1.29 is 14.3 Å². The van der Waals surface area contributed by atoms with Crippen LogP contribution in [0.3, 0.4) is 0 Å². The summed E-state index contributed by atoms with van der Waals surface area (Å²) in [5.74, 6) is 2.81. The molecule has 0 saturated carbocycles. The van der Waals surface area contributed by atoms with Crippen LogP contribution in [-0.4, -0.2) is 35.7 Å². The van der Waals surface area contributed by atoms with Gasteiger partial charge in [-0.2, -0.15) is 0 Å². The molecule has 0 aliphatic carbocycles. The van der Waals surface area contributed by atoms with Crippen molar-refractivity contribution >= 4 is 16.9 Å². The van der Waals surface area contributed by atoms with E-state index >= 15 is 0 Å². The van der Waals surface area contributed by atoms with E-state index in [1.165, 1.54) is 0 Å². The van der Waals surface area contributed by atoms with Gasteiger partial charge in [0.2, 0.25) is 5.91 Å². The summed E-state index contributed by atoms with van der Waals surface area (Å²) >= 11 is 0. The largest absolute Gasteiger partial charge is 0.497 e. The maximum atomic E-state index is 12.2. The van der Waals surface area contributed by atoms with E-state index in [2.05, 4.69) is 28.1 Å². The van der Waals surface area contributed by atoms with Crippen LogP contribution in [0.2, 0.25) is 0 Å². The Kier molecular flexibility index (Phi) is 8.76. The average Bonchev–Trinajstić information content (AvgIpc) is 3.24. The Morgan fingerprint density at radius 3 is 2.43 bits per heavy atom. The summed E-state index contributed by atoms with van der Waals surface area (Å²) in [6.45, 7) is 2.20. The molecule has 0 bridgehead atoms. The number of nitrogens with zero attached hydrogens (tertiary/aromatic N) is 2. The minimum Gasteiger partial charge on any atom is -0.497 e. The van der Waals surface area contributed by atoms with E-state index < -0.39 is 0 Å². The van der Waals surface area contributed by atoms with Gasteiger partial charge in [0.25, 0.3) is 0 Å². The van der Waals surface area contributed by atoms with E-state index in [9.17, 15) is 4.79 Å². The molecular formula is C29H33N3O3. The van der Waals surface area contributed by atoms with Crippen molar-refractivity contribution in [2.75, 3.05) is 20.3 Å². The highest BCUT2D eigenvalue weighted by Gasteiger charge is 2.10. The van der Waals surface area contributed by atoms with Crippen molar-refractivity contribution in [1.82, 2.24) is 14.9 Å². The van der Waals surface area contributed by atoms with E-state index in [1.54, 1.807) is 7.11 Å². The van der Waals surface area contributed by atoms with Gasteiger partial charge < -0.3 is 19.4 Å². The van der Waals surface area contributed by atoms with E-state index in [4.69, 9.17) is 14.5 Å². The first-order valence-corrected chi connectivity index (χ1v) is 12.2. The van der Waals surface area contributed by atoms with E-state index in [-0.39, 0.29) is 5.91 Å². The number of nitrogens with one attached hydrogen (secondary N) is 1. The van der Waals surface area contributed by atoms with E-state index in [0.717, 1.165) is 66.1 Å². The number of benzene rings is 3. The van der Waals surface area contributed by atoms with Crippen molar-refractivity contribution in [2.45, 2.75) is 38.6 Å². The molecule has 6 heteroatoms. The normalized spacial score (nSPS) is 10.9. The lowest BCUT2D eigenvalue weighted by Gasteiger charge is -2.11. The van der Waals surface area contributed by atoms with Gasteiger partial charge in [0.1, 0.15) is 17.3 Å². The first kappa shape index (κ1) is 24.3. The van der Waals surface area contributed by atoms with Crippen LogP contribution < -0.4 is 14.8 Å². The van der Waals surface area contributed by atoms with Gasteiger partial charge in [-0.1, -0.05) is 42.5 Å². The summed E-state index contributed by atoms with van der Waals surface area (Å²) in [5.41, 5.74) is 3.21. The summed E-state index contributed by atoms with van der Waals surface area (Å²) in [6, 6.07) is 25.8. The molecule has 0 atom stereocenters. The third-order valence-electron chi connectivity index (χ3n) is 5.94. The number of rotatable bonds is 13. The lowest BCUT2D eigenvalue weighted by atomic mass is 10.1. The highest BCUT2D eigenvalue weighted by molar-refractivity contribution is 5.78. The number of amides is 1. The summed E-state index contributed by atoms with van der Waals surface area (Å²) in [7, 11) is 1.66. The van der Waals surface area contributed by atoms with Crippen LogP contribution in [0.4, 0.5) is 0 Å². The summed E-state index contributed by atoms with van der Waals surface area (Å²) in [5, 5.41) is 3.04. The number of carbonyl (C=O) groups excluding carboxylic acids is 1. The van der Waals surface area contributed by atoms with Crippen LogP contribution in [0.15, 0.2) is 78.9 Å². The topological polar surface area (TPSA) is 65.4 Å². The molecule has 1 aromatic heterocycles. The van der Waals surface area contributed by atoms with Gasteiger partial charge in [-0.3, -0.25) is 4.79 Å². The molecule has 3 aromatic carbocycles. The highest BCUT2D eigenvalue weighted by Crippen LogP contribution is 2.19. The van der Waals surface area contributed by atoms with E-state index in [1.807, 2.05) is 60.7 Å². The van der Waals surface area contributed by atoms with Crippen LogP contribution in [0.1, 0.15) is 30.7 Å². The van der Waals surface area contributed by atoms with Gasteiger partial charge in [-0.05, 0) is 61.2 Å². The summed E-state index contributed by atoms with van der Waals surface area (Å²) < 4.78 is 13.4. The SMILES string of the molecule is COc1ccc(OCCCCn2c(CCCNC(=O)Cc3ccccc3)nc3ccccc32)cc1. The first-order chi connectivity index (χ1) is 17.2. The second-order valence-corrected chi connectivity index (χ2v) is 8.52.